The van der Waals surface area contributed by atoms with Crippen LogP contribution >= 0.6 is 0 Å². The van der Waals surface area contributed by atoms with Crippen molar-refractivity contribution in [2.45, 2.75) is 25.5 Å². The lowest BCUT2D eigenvalue weighted by Crippen LogP contribution is -2.40. The smallest absolute Gasteiger partial charge is 0.248 e. The Morgan fingerprint density at radius 1 is 1.26 bits per heavy atom. The number of ether oxygens (including phenoxy) is 3. The second-order valence-corrected chi connectivity index (χ2v) is 7.76. The van der Waals surface area contributed by atoms with Crippen molar-refractivity contribution in [3.05, 3.63) is 35.6 Å². The standard InChI is InChI=1S/C22H28FN3O5/c1-28-15-20(27)26(13-18-3-2-10-30-18)14-19-21(16-4-6-17(23)7-5-16)24-31-22(19)25-8-11-29-12-9-25/h4-7,18H,2-3,8-15H2,1H3. The third-order valence-electron chi connectivity index (χ3n) is 5.60. The Hall–Kier alpha value is -2.49. The Labute approximate surface area is 180 Å². The van der Waals surface area contributed by atoms with Crippen LogP contribution in [0.2, 0.25) is 0 Å². The molecule has 0 aliphatic carbocycles. The Balaban J connectivity index is 1.67. The van der Waals surface area contributed by atoms with E-state index in [9.17, 15) is 9.18 Å². The van der Waals surface area contributed by atoms with E-state index in [0.29, 0.717) is 57.6 Å². The minimum absolute atomic E-state index is 0.00164. The molecule has 31 heavy (non-hydrogen) atoms. The van der Waals surface area contributed by atoms with Crippen molar-refractivity contribution in [2.75, 3.05) is 58.1 Å². The van der Waals surface area contributed by atoms with Gasteiger partial charge in [-0.15, -0.1) is 0 Å². The molecule has 8 nitrogen and oxygen atoms in total. The zero-order chi connectivity index (χ0) is 21.6. The number of methoxy groups -OCH3 is 1. The van der Waals surface area contributed by atoms with Gasteiger partial charge >= 0.3 is 0 Å². The molecule has 4 rings (SSSR count). The van der Waals surface area contributed by atoms with Crippen LogP contribution in [0.4, 0.5) is 10.3 Å². The Morgan fingerprint density at radius 2 is 2.03 bits per heavy atom. The van der Waals surface area contributed by atoms with Gasteiger partial charge in [-0.2, -0.15) is 0 Å². The molecule has 3 heterocycles. The van der Waals surface area contributed by atoms with E-state index in [4.69, 9.17) is 18.7 Å². The van der Waals surface area contributed by atoms with Crippen molar-refractivity contribution >= 4 is 11.8 Å². The molecule has 2 saturated heterocycles. The van der Waals surface area contributed by atoms with Gasteiger partial charge in [0.05, 0.1) is 31.4 Å². The van der Waals surface area contributed by atoms with Crippen LogP contribution in [0.5, 0.6) is 0 Å². The molecule has 1 amide bonds. The molecule has 2 fully saturated rings. The van der Waals surface area contributed by atoms with Crippen molar-refractivity contribution in [3.8, 4) is 11.3 Å². The summed E-state index contributed by atoms with van der Waals surface area (Å²) in [5.41, 5.74) is 2.12. The van der Waals surface area contributed by atoms with E-state index in [0.717, 1.165) is 24.0 Å². The summed E-state index contributed by atoms with van der Waals surface area (Å²) >= 11 is 0. The molecule has 2 aliphatic rings. The van der Waals surface area contributed by atoms with Crippen molar-refractivity contribution in [1.29, 1.82) is 0 Å². The van der Waals surface area contributed by atoms with Gasteiger partial charge < -0.3 is 28.5 Å². The maximum absolute atomic E-state index is 13.5. The van der Waals surface area contributed by atoms with Crippen LogP contribution in [-0.2, 0) is 25.5 Å². The number of hydrogen-bond acceptors (Lipinski definition) is 7. The minimum Gasteiger partial charge on any atom is -0.378 e. The molecule has 0 spiro atoms. The fourth-order valence-electron chi connectivity index (χ4n) is 3.99. The predicted octanol–water partition coefficient (Wildman–Crippen LogP) is 2.47. The van der Waals surface area contributed by atoms with E-state index < -0.39 is 0 Å². The van der Waals surface area contributed by atoms with Crippen molar-refractivity contribution < 1.29 is 27.9 Å². The van der Waals surface area contributed by atoms with E-state index >= 15 is 0 Å². The molecule has 0 saturated carbocycles. The molecular weight excluding hydrogens is 405 g/mol. The number of rotatable bonds is 8. The van der Waals surface area contributed by atoms with Gasteiger partial charge in [-0.3, -0.25) is 4.79 Å². The number of carbonyl (C=O) groups is 1. The molecule has 0 bridgehead atoms. The lowest BCUT2D eigenvalue weighted by Gasteiger charge is -2.29. The highest BCUT2D eigenvalue weighted by Gasteiger charge is 2.29. The van der Waals surface area contributed by atoms with Crippen LogP contribution in [0.3, 0.4) is 0 Å². The molecule has 2 aliphatic heterocycles. The summed E-state index contributed by atoms with van der Waals surface area (Å²) < 4.78 is 35.6. The number of morpholine rings is 1. The second-order valence-electron chi connectivity index (χ2n) is 7.76. The first-order chi connectivity index (χ1) is 15.2. The number of aromatic nitrogens is 1. The number of anilines is 1. The Bertz CT molecular complexity index is 861. The number of amides is 1. The third kappa shape index (κ3) is 5.23. The van der Waals surface area contributed by atoms with E-state index in [-0.39, 0.29) is 24.4 Å². The van der Waals surface area contributed by atoms with E-state index in [2.05, 4.69) is 10.1 Å². The predicted molar refractivity (Wildman–Crippen MR) is 111 cm³/mol. The lowest BCUT2D eigenvalue weighted by atomic mass is 10.1. The molecule has 1 aromatic heterocycles. The highest BCUT2D eigenvalue weighted by atomic mass is 19.1. The lowest BCUT2D eigenvalue weighted by molar-refractivity contribution is -0.137. The van der Waals surface area contributed by atoms with Gasteiger partial charge in [0, 0.05) is 38.9 Å². The summed E-state index contributed by atoms with van der Waals surface area (Å²) in [6.07, 6.45) is 1.91. The Kier molecular flexibility index (Phi) is 7.16. The summed E-state index contributed by atoms with van der Waals surface area (Å²) in [7, 11) is 1.50. The van der Waals surface area contributed by atoms with Crippen LogP contribution in [0.25, 0.3) is 11.3 Å². The molecule has 1 unspecified atom stereocenters. The molecule has 1 atom stereocenters. The quantitative estimate of drug-likeness (QED) is 0.633. The van der Waals surface area contributed by atoms with Crippen LogP contribution in [-0.4, -0.2) is 75.2 Å². The molecular formula is C22H28FN3O5. The number of hydrogen-bond donors (Lipinski definition) is 0. The molecule has 0 N–H and O–H groups in total. The topological polar surface area (TPSA) is 77.3 Å². The van der Waals surface area contributed by atoms with Crippen LogP contribution in [0.1, 0.15) is 18.4 Å². The molecule has 2 aromatic rings. The van der Waals surface area contributed by atoms with Gasteiger partial charge in [0.25, 0.3) is 0 Å². The van der Waals surface area contributed by atoms with E-state index in [1.54, 1.807) is 17.0 Å². The maximum atomic E-state index is 13.5. The van der Waals surface area contributed by atoms with Gasteiger partial charge in [-0.25, -0.2) is 4.39 Å². The molecule has 0 radical (unpaired) electrons. The van der Waals surface area contributed by atoms with Crippen LogP contribution in [0.15, 0.2) is 28.8 Å². The van der Waals surface area contributed by atoms with Gasteiger partial charge in [0.1, 0.15) is 18.1 Å². The second kappa shape index (κ2) is 10.2. The third-order valence-corrected chi connectivity index (χ3v) is 5.60. The summed E-state index contributed by atoms with van der Waals surface area (Å²) in [6.45, 7) is 3.98. The number of halogens is 1. The minimum atomic E-state index is -0.322. The number of nitrogens with zero attached hydrogens (tertiary/aromatic N) is 3. The summed E-state index contributed by atoms with van der Waals surface area (Å²) in [4.78, 5) is 16.7. The maximum Gasteiger partial charge on any atom is 0.248 e. The van der Waals surface area contributed by atoms with Crippen molar-refractivity contribution in [1.82, 2.24) is 10.1 Å². The first kappa shape index (κ1) is 21.7. The fraction of sp³-hybridized carbons (Fsp3) is 0.545. The normalized spacial score (nSPS) is 19.0. The average molecular weight is 433 g/mol. The van der Waals surface area contributed by atoms with Crippen LogP contribution in [0, 0.1) is 5.82 Å². The monoisotopic (exact) mass is 433 g/mol. The summed E-state index contributed by atoms with van der Waals surface area (Å²) in [5, 5.41) is 4.30. The van der Waals surface area contributed by atoms with Crippen molar-refractivity contribution in [2.24, 2.45) is 0 Å². The highest BCUT2D eigenvalue weighted by Crippen LogP contribution is 2.33. The first-order valence-electron chi connectivity index (χ1n) is 10.6. The molecule has 1 aromatic carbocycles. The number of benzene rings is 1. The van der Waals surface area contributed by atoms with Gasteiger partial charge in [-0.1, -0.05) is 5.16 Å². The van der Waals surface area contributed by atoms with E-state index in [1.807, 2.05) is 0 Å². The number of carbonyl (C=O) groups excluding carboxylic acids is 1. The van der Waals surface area contributed by atoms with E-state index in [1.165, 1.54) is 19.2 Å². The van der Waals surface area contributed by atoms with Crippen LogP contribution < -0.4 is 4.90 Å². The summed E-state index contributed by atoms with van der Waals surface area (Å²) in [5.74, 6) is 0.167. The molecule has 9 heteroatoms. The van der Waals surface area contributed by atoms with Gasteiger partial charge in [-0.05, 0) is 37.1 Å². The first-order valence-corrected chi connectivity index (χ1v) is 10.6. The van der Waals surface area contributed by atoms with Gasteiger partial charge in [0.15, 0.2) is 0 Å². The molecule has 168 valence electrons. The average Bonchev–Trinajstić information content (AvgIpc) is 3.45. The van der Waals surface area contributed by atoms with Gasteiger partial charge in [0.2, 0.25) is 11.8 Å². The zero-order valence-corrected chi connectivity index (χ0v) is 17.7. The highest BCUT2D eigenvalue weighted by molar-refractivity contribution is 5.78. The largest absolute Gasteiger partial charge is 0.378 e. The zero-order valence-electron chi connectivity index (χ0n) is 17.7. The fourth-order valence-corrected chi connectivity index (χ4v) is 3.99. The SMILES string of the molecule is COCC(=O)N(Cc1c(-c2ccc(F)cc2)noc1N1CCOCC1)CC1CCCO1. The Morgan fingerprint density at radius 3 is 2.71 bits per heavy atom. The summed E-state index contributed by atoms with van der Waals surface area (Å²) in [6, 6.07) is 6.12. The van der Waals surface area contributed by atoms with Crippen molar-refractivity contribution in [3.63, 3.8) is 0 Å².